The zero-order valence-electron chi connectivity index (χ0n) is 14.7. The predicted octanol–water partition coefficient (Wildman–Crippen LogP) is 3.53. The SMILES string of the molecule is C=C(N)c1cccc(C(=C)/C=N\C(N)=C(/C)C(=O)Nc2ccccc2)c1. The van der Waals surface area contributed by atoms with Crippen LogP contribution in [0.4, 0.5) is 5.69 Å². The van der Waals surface area contributed by atoms with Crippen molar-refractivity contribution in [2.45, 2.75) is 6.92 Å². The number of rotatable bonds is 6. The number of benzene rings is 2. The van der Waals surface area contributed by atoms with Crippen LogP contribution in [0.2, 0.25) is 0 Å². The van der Waals surface area contributed by atoms with Crippen molar-refractivity contribution in [1.29, 1.82) is 0 Å². The number of anilines is 1. The Bertz CT molecular complexity index is 895. The molecule has 132 valence electrons. The van der Waals surface area contributed by atoms with Crippen molar-refractivity contribution < 1.29 is 4.79 Å². The number of nitrogens with two attached hydrogens (primary N) is 2. The first-order valence-corrected chi connectivity index (χ1v) is 7.99. The molecule has 0 aliphatic rings. The van der Waals surface area contributed by atoms with Crippen LogP contribution in [-0.2, 0) is 4.79 Å². The second-order valence-corrected chi connectivity index (χ2v) is 5.72. The van der Waals surface area contributed by atoms with Gasteiger partial charge < -0.3 is 16.8 Å². The fraction of sp³-hybridized carbons (Fsp3) is 0.0476. The van der Waals surface area contributed by atoms with E-state index in [1.807, 2.05) is 42.5 Å². The molecule has 0 heterocycles. The molecule has 2 aromatic carbocycles. The molecule has 2 rings (SSSR count). The first kappa shape index (κ1) is 18.7. The minimum Gasteiger partial charge on any atom is -0.399 e. The van der Waals surface area contributed by atoms with Crippen molar-refractivity contribution >= 4 is 29.1 Å². The van der Waals surface area contributed by atoms with Crippen LogP contribution in [0.25, 0.3) is 11.3 Å². The van der Waals surface area contributed by atoms with Crippen LogP contribution in [-0.4, -0.2) is 12.1 Å². The molecule has 0 atom stereocenters. The molecule has 2 aromatic rings. The third-order valence-electron chi connectivity index (χ3n) is 3.72. The molecule has 0 saturated heterocycles. The molecule has 26 heavy (non-hydrogen) atoms. The fourth-order valence-corrected chi connectivity index (χ4v) is 2.10. The Morgan fingerprint density at radius 1 is 1.04 bits per heavy atom. The number of nitrogens with zero attached hydrogens (tertiary/aromatic N) is 1. The van der Waals surface area contributed by atoms with Crippen molar-refractivity contribution in [3.8, 4) is 0 Å². The van der Waals surface area contributed by atoms with E-state index in [0.29, 0.717) is 22.5 Å². The first-order chi connectivity index (χ1) is 12.4. The number of carbonyl (C=O) groups is 1. The maximum atomic E-state index is 12.2. The van der Waals surface area contributed by atoms with Gasteiger partial charge in [-0.1, -0.05) is 49.6 Å². The molecular weight excluding hydrogens is 324 g/mol. The third-order valence-corrected chi connectivity index (χ3v) is 3.72. The summed E-state index contributed by atoms with van der Waals surface area (Å²) in [5.74, 6) is -0.183. The second kappa shape index (κ2) is 8.48. The molecule has 0 aromatic heterocycles. The molecular formula is C21H22N4O. The Morgan fingerprint density at radius 2 is 1.69 bits per heavy atom. The number of para-hydroxylation sites is 1. The highest BCUT2D eigenvalue weighted by atomic mass is 16.1. The number of hydrogen-bond acceptors (Lipinski definition) is 4. The maximum absolute atomic E-state index is 12.2. The average molecular weight is 346 g/mol. The summed E-state index contributed by atoms with van der Waals surface area (Å²) in [4.78, 5) is 16.4. The van der Waals surface area contributed by atoms with E-state index in [0.717, 1.165) is 11.1 Å². The number of allylic oxidation sites excluding steroid dienone is 1. The third kappa shape index (κ3) is 4.95. The minimum absolute atomic E-state index is 0.124. The molecule has 0 fully saturated rings. The van der Waals surface area contributed by atoms with Gasteiger partial charge in [0.1, 0.15) is 5.82 Å². The van der Waals surface area contributed by atoms with Gasteiger partial charge in [0.15, 0.2) is 0 Å². The highest BCUT2D eigenvalue weighted by Gasteiger charge is 2.08. The lowest BCUT2D eigenvalue weighted by molar-refractivity contribution is -0.112. The second-order valence-electron chi connectivity index (χ2n) is 5.72. The van der Waals surface area contributed by atoms with Crippen molar-refractivity contribution in [2.24, 2.45) is 16.5 Å². The lowest BCUT2D eigenvalue weighted by atomic mass is 10.0. The predicted molar refractivity (Wildman–Crippen MR) is 109 cm³/mol. The summed E-state index contributed by atoms with van der Waals surface area (Å²) in [5, 5.41) is 2.77. The zero-order chi connectivity index (χ0) is 19.1. The van der Waals surface area contributed by atoms with Crippen LogP contribution in [0.3, 0.4) is 0 Å². The molecule has 1 amide bonds. The smallest absolute Gasteiger partial charge is 0.255 e. The Hall–Kier alpha value is -3.60. The topological polar surface area (TPSA) is 93.5 Å². The van der Waals surface area contributed by atoms with Crippen LogP contribution in [0, 0.1) is 0 Å². The van der Waals surface area contributed by atoms with Gasteiger partial charge in [-0.15, -0.1) is 0 Å². The van der Waals surface area contributed by atoms with E-state index in [-0.39, 0.29) is 11.7 Å². The van der Waals surface area contributed by atoms with E-state index in [4.69, 9.17) is 11.5 Å². The lowest BCUT2D eigenvalue weighted by Crippen LogP contribution is -2.16. The molecule has 0 saturated carbocycles. The van der Waals surface area contributed by atoms with Crippen LogP contribution in [0.5, 0.6) is 0 Å². The molecule has 0 aliphatic carbocycles. The van der Waals surface area contributed by atoms with E-state index < -0.39 is 0 Å². The molecule has 0 bridgehead atoms. The number of carbonyl (C=O) groups excluding carboxylic acids is 1. The molecule has 0 aliphatic heterocycles. The van der Waals surface area contributed by atoms with E-state index in [9.17, 15) is 4.79 Å². The van der Waals surface area contributed by atoms with Gasteiger partial charge >= 0.3 is 0 Å². The van der Waals surface area contributed by atoms with Crippen LogP contribution in [0.15, 0.2) is 84.1 Å². The van der Waals surface area contributed by atoms with Crippen molar-refractivity contribution in [1.82, 2.24) is 0 Å². The van der Waals surface area contributed by atoms with Gasteiger partial charge in [0, 0.05) is 17.6 Å². The number of nitrogens with one attached hydrogen (secondary N) is 1. The van der Waals surface area contributed by atoms with E-state index in [1.54, 1.807) is 19.1 Å². The molecule has 5 N–H and O–H groups in total. The van der Waals surface area contributed by atoms with Gasteiger partial charge in [0.25, 0.3) is 5.91 Å². The monoisotopic (exact) mass is 346 g/mol. The lowest BCUT2D eigenvalue weighted by Gasteiger charge is -2.07. The number of hydrogen-bond donors (Lipinski definition) is 3. The Kier molecular flexibility index (Phi) is 6.11. The summed E-state index contributed by atoms with van der Waals surface area (Å²) in [7, 11) is 0. The van der Waals surface area contributed by atoms with E-state index in [2.05, 4.69) is 23.5 Å². The van der Waals surface area contributed by atoms with Gasteiger partial charge in [-0.25, -0.2) is 4.99 Å². The van der Waals surface area contributed by atoms with Crippen molar-refractivity contribution in [3.05, 3.63) is 90.3 Å². The van der Waals surface area contributed by atoms with Crippen molar-refractivity contribution in [3.63, 3.8) is 0 Å². The van der Waals surface area contributed by atoms with Gasteiger partial charge in [0.05, 0.1) is 5.57 Å². The largest absolute Gasteiger partial charge is 0.399 e. The summed E-state index contributed by atoms with van der Waals surface area (Å²) < 4.78 is 0. The maximum Gasteiger partial charge on any atom is 0.255 e. The standard InChI is InChI=1S/C21H22N4O/c1-14(17-8-7-9-18(12-17)16(3)22)13-24-20(23)15(2)21(26)25-19-10-5-4-6-11-19/h4-13H,1,3,22-23H2,2H3,(H,25,26)/b20-15+,24-13-. The van der Waals surface area contributed by atoms with Gasteiger partial charge in [-0.3, -0.25) is 4.79 Å². The minimum atomic E-state index is -0.308. The Labute approximate surface area is 153 Å². The first-order valence-electron chi connectivity index (χ1n) is 7.99. The molecule has 0 radical (unpaired) electrons. The Balaban J connectivity index is 2.11. The number of aliphatic imine (C=N–C) groups is 1. The molecule has 0 spiro atoms. The highest BCUT2D eigenvalue weighted by molar-refractivity contribution is 6.10. The normalized spacial score (nSPS) is 11.7. The summed E-state index contributed by atoms with van der Waals surface area (Å²) in [6, 6.07) is 16.6. The van der Waals surface area contributed by atoms with E-state index in [1.165, 1.54) is 6.21 Å². The van der Waals surface area contributed by atoms with Crippen molar-refractivity contribution in [2.75, 3.05) is 5.32 Å². The fourth-order valence-electron chi connectivity index (χ4n) is 2.10. The molecule has 0 unspecified atom stereocenters. The van der Waals surface area contributed by atoms with Crippen LogP contribution < -0.4 is 16.8 Å². The Morgan fingerprint density at radius 3 is 2.35 bits per heavy atom. The van der Waals surface area contributed by atoms with E-state index >= 15 is 0 Å². The van der Waals surface area contributed by atoms with Gasteiger partial charge in [-0.2, -0.15) is 0 Å². The molecule has 5 nitrogen and oxygen atoms in total. The van der Waals surface area contributed by atoms with Gasteiger partial charge in [0.2, 0.25) is 0 Å². The summed E-state index contributed by atoms with van der Waals surface area (Å²) in [6.45, 7) is 9.31. The quantitative estimate of drug-likeness (QED) is 0.552. The van der Waals surface area contributed by atoms with Gasteiger partial charge in [-0.05, 0) is 41.8 Å². The average Bonchev–Trinajstić information content (AvgIpc) is 2.66. The summed E-state index contributed by atoms with van der Waals surface area (Å²) in [5.41, 5.74) is 15.4. The summed E-state index contributed by atoms with van der Waals surface area (Å²) in [6.07, 6.45) is 1.52. The number of amides is 1. The highest BCUT2D eigenvalue weighted by Crippen LogP contribution is 2.16. The zero-order valence-corrected chi connectivity index (χ0v) is 14.7. The summed E-state index contributed by atoms with van der Waals surface area (Å²) >= 11 is 0. The molecule has 5 heteroatoms. The van der Waals surface area contributed by atoms with Crippen LogP contribution >= 0.6 is 0 Å². The van der Waals surface area contributed by atoms with Crippen LogP contribution in [0.1, 0.15) is 18.1 Å².